The molecule has 1 atom stereocenters. The molecule has 0 saturated carbocycles. The number of non-ortho nitro benzene ring substituents is 1. The molecule has 0 amide bonds. The Morgan fingerprint density at radius 2 is 1.77 bits per heavy atom. The fourth-order valence-electron chi connectivity index (χ4n) is 3.27. The Morgan fingerprint density at radius 3 is 2.37 bits per heavy atom. The summed E-state index contributed by atoms with van der Waals surface area (Å²) in [6.45, 7) is 2.23. The molecule has 8 nitrogen and oxygen atoms in total. The smallest absolute Gasteiger partial charge is 0.303 e. The quantitative estimate of drug-likeness (QED) is 0.451. The molecule has 1 N–H and O–H groups in total. The molecule has 1 aromatic heterocycles. The van der Waals surface area contributed by atoms with E-state index in [2.05, 4.69) is 4.98 Å². The minimum atomic E-state index is -0.807. The Balaban J connectivity index is 1.76. The normalized spacial score (nSPS) is 11.8. The summed E-state index contributed by atoms with van der Waals surface area (Å²) in [4.78, 5) is 38.1. The number of carbonyl (C=O) groups is 1. The molecule has 0 spiro atoms. The number of hydrogen-bond acceptors (Lipinski definition) is 5. The first-order valence-corrected chi connectivity index (χ1v) is 9.42. The summed E-state index contributed by atoms with van der Waals surface area (Å²) in [6, 6.07) is 13.5. The van der Waals surface area contributed by atoms with E-state index < -0.39 is 10.9 Å². The highest BCUT2D eigenvalue weighted by molar-refractivity contribution is 5.67. The SMILES string of the molecule is CC(CC(=O)O)Cc1ccc(Cn2cncc(-c3ccc([N+](=O)[O-])cc3)c2=O)cc1. The van der Waals surface area contributed by atoms with E-state index in [0.29, 0.717) is 24.1 Å². The van der Waals surface area contributed by atoms with Gasteiger partial charge in [-0.3, -0.25) is 24.3 Å². The van der Waals surface area contributed by atoms with Crippen LogP contribution in [0.25, 0.3) is 11.1 Å². The van der Waals surface area contributed by atoms with Gasteiger partial charge in [-0.2, -0.15) is 0 Å². The summed E-state index contributed by atoms with van der Waals surface area (Å²) in [6.07, 6.45) is 3.70. The first kappa shape index (κ1) is 20.9. The Kier molecular flexibility index (Phi) is 6.36. The van der Waals surface area contributed by atoms with Gasteiger partial charge in [-0.25, -0.2) is 4.98 Å². The average Bonchev–Trinajstić information content (AvgIpc) is 2.70. The van der Waals surface area contributed by atoms with Crippen LogP contribution >= 0.6 is 0 Å². The zero-order valence-corrected chi connectivity index (χ0v) is 16.4. The van der Waals surface area contributed by atoms with Crippen LogP contribution in [-0.2, 0) is 17.8 Å². The molecular formula is C22H21N3O5. The van der Waals surface area contributed by atoms with Gasteiger partial charge in [-0.15, -0.1) is 0 Å². The predicted octanol–water partition coefficient (Wildman–Crippen LogP) is 3.52. The number of nitrogens with zero attached hydrogens (tertiary/aromatic N) is 3. The monoisotopic (exact) mass is 407 g/mol. The average molecular weight is 407 g/mol. The second-order valence-electron chi connectivity index (χ2n) is 7.27. The lowest BCUT2D eigenvalue weighted by molar-refractivity contribution is -0.384. The van der Waals surface area contributed by atoms with E-state index in [0.717, 1.165) is 11.1 Å². The van der Waals surface area contributed by atoms with Crippen LogP contribution in [0.15, 0.2) is 65.8 Å². The van der Waals surface area contributed by atoms with Crippen LogP contribution in [0.2, 0.25) is 0 Å². The van der Waals surface area contributed by atoms with Crippen LogP contribution in [0.1, 0.15) is 24.5 Å². The molecule has 8 heteroatoms. The van der Waals surface area contributed by atoms with E-state index >= 15 is 0 Å². The van der Waals surface area contributed by atoms with Gasteiger partial charge in [0, 0.05) is 24.8 Å². The third-order valence-electron chi connectivity index (χ3n) is 4.77. The molecule has 3 rings (SSSR count). The molecule has 0 saturated heterocycles. The van der Waals surface area contributed by atoms with Crippen molar-refractivity contribution in [2.75, 3.05) is 0 Å². The summed E-state index contributed by atoms with van der Waals surface area (Å²) in [5, 5.41) is 19.7. The maximum atomic E-state index is 12.8. The number of aliphatic carboxylic acids is 1. The molecular weight excluding hydrogens is 386 g/mol. The van der Waals surface area contributed by atoms with Crippen molar-refractivity contribution in [2.24, 2.45) is 5.92 Å². The van der Waals surface area contributed by atoms with Gasteiger partial charge < -0.3 is 5.11 Å². The molecule has 0 bridgehead atoms. The number of rotatable bonds is 8. The number of carboxylic acid groups (broad SMARTS) is 1. The highest BCUT2D eigenvalue weighted by Crippen LogP contribution is 2.19. The van der Waals surface area contributed by atoms with Crippen molar-refractivity contribution in [3.63, 3.8) is 0 Å². The molecule has 154 valence electrons. The van der Waals surface area contributed by atoms with Crippen LogP contribution in [0.3, 0.4) is 0 Å². The standard InChI is InChI=1S/C22H21N3O5/c1-15(11-21(26)27)10-16-2-4-17(5-3-16)13-24-14-23-12-20(22(24)28)18-6-8-19(9-7-18)25(29)30/h2-9,12,14-15H,10-11,13H2,1H3,(H,26,27). The Morgan fingerprint density at radius 1 is 1.13 bits per heavy atom. The van der Waals surface area contributed by atoms with Crippen LogP contribution in [0, 0.1) is 16.0 Å². The molecule has 1 heterocycles. The van der Waals surface area contributed by atoms with Crippen molar-refractivity contribution in [3.05, 3.63) is 92.7 Å². The van der Waals surface area contributed by atoms with Crippen molar-refractivity contribution < 1.29 is 14.8 Å². The summed E-state index contributed by atoms with van der Waals surface area (Å²) in [5.74, 6) is -0.766. The summed E-state index contributed by atoms with van der Waals surface area (Å²) in [5.41, 5.74) is 2.60. The molecule has 0 aliphatic heterocycles. The maximum absolute atomic E-state index is 12.8. The minimum Gasteiger partial charge on any atom is -0.481 e. The van der Waals surface area contributed by atoms with Gasteiger partial charge in [0.25, 0.3) is 11.2 Å². The van der Waals surface area contributed by atoms with Crippen molar-refractivity contribution in [1.82, 2.24) is 9.55 Å². The van der Waals surface area contributed by atoms with Gasteiger partial charge in [-0.05, 0) is 41.2 Å². The molecule has 0 radical (unpaired) electrons. The second kappa shape index (κ2) is 9.13. The van der Waals surface area contributed by atoms with Crippen LogP contribution in [-0.4, -0.2) is 25.6 Å². The van der Waals surface area contributed by atoms with E-state index in [1.54, 1.807) is 0 Å². The molecule has 2 aromatic carbocycles. The van der Waals surface area contributed by atoms with Gasteiger partial charge >= 0.3 is 5.97 Å². The van der Waals surface area contributed by atoms with Crippen LogP contribution < -0.4 is 5.56 Å². The molecule has 3 aromatic rings. The fraction of sp³-hybridized carbons (Fsp3) is 0.227. The lowest BCUT2D eigenvalue weighted by atomic mass is 9.97. The lowest BCUT2D eigenvalue weighted by Crippen LogP contribution is -2.22. The number of aromatic nitrogens is 2. The van der Waals surface area contributed by atoms with Crippen LogP contribution in [0.5, 0.6) is 0 Å². The van der Waals surface area contributed by atoms with Crippen molar-refractivity contribution in [1.29, 1.82) is 0 Å². The Bertz CT molecular complexity index is 1100. The summed E-state index contributed by atoms with van der Waals surface area (Å²) < 4.78 is 1.48. The molecule has 0 aliphatic rings. The molecule has 1 unspecified atom stereocenters. The number of hydrogen-bond donors (Lipinski definition) is 1. The Labute approximate surface area is 172 Å². The zero-order valence-electron chi connectivity index (χ0n) is 16.4. The molecule has 30 heavy (non-hydrogen) atoms. The third kappa shape index (κ3) is 5.16. The summed E-state index contributed by atoms with van der Waals surface area (Å²) in [7, 11) is 0. The van der Waals surface area contributed by atoms with E-state index in [9.17, 15) is 19.7 Å². The first-order chi connectivity index (χ1) is 14.3. The van der Waals surface area contributed by atoms with Crippen molar-refractivity contribution >= 4 is 11.7 Å². The largest absolute Gasteiger partial charge is 0.481 e. The predicted molar refractivity (Wildman–Crippen MR) is 111 cm³/mol. The van der Waals surface area contributed by atoms with Crippen molar-refractivity contribution in [2.45, 2.75) is 26.3 Å². The highest BCUT2D eigenvalue weighted by atomic mass is 16.6. The lowest BCUT2D eigenvalue weighted by Gasteiger charge is -2.11. The topological polar surface area (TPSA) is 115 Å². The van der Waals surface area contributed by atoms with E-state index in [1.807, 2.05) is 31.2 Å². The first-order valence-electron chi connectivity index (χ1n) is 9.42. The van der Waals surface area contributed by atoms with Gasteiger partial charge in [0.1, 0.15) is 0 Å². The number of nitro benzene ring substituents is 1. The van der Waals surface area contributed by atoms with Gasteiger partial charge in [0.05, 0.1) is 23.4 Å². The third-order valence-corrected chi connectivity index (χ3v) is 4.77. The summed E-state index contributed by atoms with van der Waals surface area (Å²) >= 11 is 0. The van der Waals surface area contributed by atoms with E-state index in [-0.39, 0.29) is 23.6 Å². The fourth-order valence-corrected chi connectivity index (χ4v) is 3.27. The number of benzene rings is 2. The van der Waals surface area contributed by atoms with Crippen LogP contribution in [0.4, 0.5) is 5.69 Å². The molecule has 0 aliphatic carbocycles. The number of nitro groups is 1. The van der Waals surface area contributed by atoms with Gasteiger partial charge in [0.15, 0.2) is 0 Å². The second-order valence-corrected chi connectivity index (χ2v) is 7.27. The number of carboxylic acids is 1. The van der Waals surface area contributed by atoms with Crippen molar-refractivity contribution in [3.8, 4) is 11.1 Å². The van der Waals surface area contributed by atoms with Gasteiger partial charge in [-0.1, -0.05) is 31.2 Å². The van der Waals surface area contributed by atoms with E-state index in [1.165, 1.54) is 41.4 Å². The minimum absolute atomic E-state index is 0.0403. The zero-order chi connectivity index (χ0) is 21.7. The highest BCUT2D eigenvalue weighted by Gasteiger charge is 2.11. The van der Waals surface area contributed by atoms with Gasteiger partial charge in [0.2, 0.25) is 0 Å². The van der Waals surface area contributed by atoms with E-state index in [4.69, 9.17) is 5.11 Å². The maximum Gasteiger partial charge on any atom is 0.303 e. The molecule has 0 fully saturated rings. The Hall–Kier alpha value is -3.81.